The summed E-state index contributed by atoms with van der Waals surface area (Å²) < 4.78 is 0. The number of nitrogens with zero attached hydrogens (tertiary/aromatic N) is 2. The molecule has 4 nitrogen and oxygen atoms in total. The topological polar surface area (TPSA) is 39.7 Å². The quantitative estimate of drug-likeness (QED) is 0.464. The second-order valence-corrected chi connectivity index (χ2v) is 8.10. The predicted molar refractivity (Wildman–Crippen MR) is 113 cm³/mol. The first-order valence-corrected chi connectivity index (χ1v) is 9.97. The maximum atomic E-state index is 4.35. The molecule has 0 amide bonds. The van der Waals surface area contributed by atoms with Gasteiger partial charge in [-0.3, -0.25) is 4.99 Å². The Labute approximate surface area is 160 Å². The number of aliphatic imine (C=N–C) groups is 1. The zero-order valence-corrected chi connectivity index (χ0v) is 16.6. The van der Waals surface area contributed by atoms with E-state index in [2.05, 4.69) is 82.9 Å². The molecule has 0 saturated carbocycles. The summed E-state index contributed by atoms with van der Waals surface area (Å²) in [5.41, 5.74) is 2.53. The lowest BCUT2D eigenvalue weighted by molar-refractivity contribution is 0.645. The zero-order chi connectivity index (χ0) is 18.4. The maximum absolute atomic E-state index is 4.35. The maximum Gasteiger partial charge on any atom is 0.191 e. The molecule has 5 heteroatoms. The van der Waals surface area contributed by atoms with Crippen molar-refractivity contribution in [3.05, 3.63) is 63.9 Å². The van der Waals surface area contributed by atoms with Gasteiger partial charge in [0.15, 0.2) is 5.96 Å². The van der Waals surface area contributed by atoms with Gasteiger partial charge in [0.25, 0.3) is 0 Å². The van der Waals surface area contributed by atoms with Gasteiger partial charge in [-0.15, -0.1) is 11.3 Å². The highest BCUT2D eigenvalue weighted by atomic mass is 32.1. The standard InChI is InChI=1S/C21H28N4S/c1-16(14-20-11-6-17(2)26-20)24-21(22-3)23-15-18-7-9-19(10-8-18)25-12-4-5-13-25/h4-11,16H,12-15H2,1-3H3,(H2,22,23,24). The third-order valence-electron chi connectivity index (χ3n) is 4.49. The average Bonchev–Trinajstić information content (AvgIpc) is 3.31. The molecule has 2 heterocycles. The molecule has 0 radical (unpaired) electrons. The molecule has 2 aromatic rings. The summed E-state index contributed by atoms with van der Waals surface area (Å²) >= 11 is 1.86. The lowest BCUT2D eigenvalue weighted by atomic mass is 10.2. The third kappa shape index (κ3) is 5.11. The van der Waals surface area contributed by atoms with Gasteiger partial charge in [-0.05, 0) is 43.7 Å². The summed E-state index contributed by atoms with van der Waals surface area (Å²) in [6.07, 6.45) is 5.44. The lowest BCUT2D eigenvalue weighted by Gasteiger charge is -2.19. The largest absolute Gasteiger partial charge is 0.364 e. The Morgan fingerprint density at radius 1 is 1.15 bits per heavy atom. The Kier molecular flexibility index (Phi) is 6.34. The lowest BCUT2D eigenvalue weighted by Crippen LogP contribution is -2.42. The predicted octanol–water partition coefficient (Wildman–Crippen LogP) is 3.73. The Balaban J connectivity index is 1.47. The third-order valence-corrected chi connectivity index (χ3v) is 5.51. The number of benzene rings is 1. The minimum Gasteiger partial charge on any atom is -0.364 e. The fourth-order valence-electron chi connectivity index (χ4n) is 3.07. The fraction of sp³-hybridized carbons (Fsp3) is 0.381. The van der Waals surface area contributed by atoms with Crippen LogP contribution in [0.2, 0.25) is 0 Å². The molecule has 0 fully saturated rings. The number of anilines is 1. The van der Waals surface area contributed by atoms with Crippen molar-refractivity contribution in [1.82, 2.24) is 10.6 Å². The van der Waals surface area contributed by atoms with Gasteiger partial charge < -0.3 is 15.5 Å². The first kappa shape index (κ1) is 18.5. The summed E-state index contributed by atoms with van der Waals surface area (Å²) in [4.78, 5) is 9.48. The smallest absolute Gasteiger partial charge is 0.191 e. The van der Waals surface area contributed by atoms with Crippen LogP contribution in [0.25, 0.3) is 0 Å². The van der Waals surface area contributed by atoms with Gasteiger partial charge in [-0.1, -0.05) is 24.3 Å². The Morgan fingerprint density at radius 2 is 1.88 bits per heavy atom. The van der Waals surface area contributed by atoms with Crippen molar-refractivity contribution in [3.8, 4) is 0 Å². The second kappa shape index (κ2) is 8.90. The molecule has 3 rings (SSSR count). The van der Waals surface area contributed by atoms with Gasteiger partial charge in [0.2, 0.25) is 0 Å². The van der Waals surface area contributed by atoms with Crippen LogP contribution in [0.1, 0.15) is 22.2 Å². The van der Waals surface area contributed by atoms with Crippen molar-refractivity contribution < 1.29 is 0 Å². The number of nitrogens with one attached hydrogen (secondary N) is 2. The van der Waals surface area contributed by atoms with Gasteiger partial charge in [0.1, 0.15) is 0 Å². The van der Waals surface area contributed by atoms with E-state index in [0.717, 1.165) is 32.0 Å². The first-order chi connectivity index (χ1) is 12.6. The summed E-state index contributed by atoms with van der Waals surface area (Å²) in [5.74, 6) is 0.846. The number of hydrogen-bond acceptors (Lipinski definition) is 3. The highest BCUT2D eigenvalue weighted by molar-refractivity contribution is 7.11. The normalized spacial score (nSPS) is 15.3. The van der Waals surface area contributed by atoms with Gasteiger partial charge >= 0.3 is 0 Å². The molecule has 1 aliphatic rings. The van der Waals surface area contributed by atoms with Crippen molar-refractivity contribution >= 4 is 23.0 Å². The van der Waals surface area contributed by atoms with Crippen molar-refractivity contribution in [1.29, 1.82) is 0 Å². The average molecular weight is 369 g/mol. The highest BCUT2D eigenvalue weighted by Gasteiger charge is 2.09. The van der Waals surface area contributed by atoms with E-state index >= 15 is 0 Å². The first-order valence-electron chi connectivity index (χ1n) is 9.15. The molecule has 1 unspecified atom stereocenters. The molecule has 0 spiro atoms. The van der Waals surface area contributed by atoms with E-state index in [1.807, 2.05) is 18.4 Å². The van der Waals surface area contributed by atoms with Crippen LogP contribution in [0.3, 0.4) is 0 Å². The molecule has 0 bridgehead atoms. The van der Waals surface area contributed by atoms with E-state index in [-0.39, 0.29) is 0 Å². The van der Waals surface area contributed by atoms with Crippen LogP contribution < -0.4 is 15.5 Å². The van der Waals surface area contributed by atoms with Gasteiger partial charge in [0, 0.05) is 54.6 Å². The SMILES string of the molecule is CN=C(NCc1ccc(N2CC=CC2)cc1)NC(C)Cc1ccc(C)s1. The van der Waals surface area contributed by atoms with E-state index in [1.54, 1.807) is 0 Å². The molecule has 138 valence electrons. The number of hydrogen-bond donors (Lipinski definition) is 2. The highest BCUT2D eigenvalue weighted by Crippen LogP contribution is 2.18. The van der Waals surface area contributed by atoms with Crippen molar-refractivity contribution in [2.45, 2.75) is 32.9 Å². The van der Waals surface area contributed by atoms with Crippen LogP contribution in [0.5, 0.6) is 0 Å². The minimum absolute atomic E-state index is 0.337. The number of aryl methyl sites for hydroxylation is 1. The molecule has 0 saturated heterocycles. The summed E-state index contributed by atoms with van der Waals surface area (Å²) in [6, 6.07) is 13.5. The van der Waals surface area contributed by atoms with Crippen LogP contribution >= 0.6 is 11.3 Å². The monoisotopic (exact) mass is 368 g/mol. The van der Waals surface area contributed by atoms with E-state index in [0.29, 0.717) is 6.04 Å². The summed E-state index contributed by atoms with van der Waals surface area (Å²) in [6.45, 7) is 7.13. The number of guanidine groups is 1. The van der Waals surface area contributed by atoms with E-state index in [9.17, 15) is 0 Å². The van der Waals surface area contributed by atoms with E-state index in [1.165, 1.54) is 21.0 Å². The van der Waals surface area contributed by atoms with Gasteiger partial charge in [-0.2, -0.15) is 0 Å². The number of rotatable bonds is 6. The second-order valence-electron chi connectivity index (χ2n) is 6.73. The Bertz CT molecular complexity index is 753. The van der Waals surface area contributed by atoms with E-state index < -0.39 is 0 Å². The van der Waals surface area contributed by atoms with Gasteiger partial charge in [-0.25, -0.2) is 0 Å². The molecule has 1 aliphatic heterocycles. The number of thiophene rings is 1. The van der Waals surface area contributed by atoms with Crippen LogP contribution in [0.4, 0.5) is 5.69 Å². The minimum atomic E-state index is 0.337. The Hall–Kier alpha value is -2.27. The van der Waals surface area contributed by atoms with Crippen molar-refractivity contribution in [3.63, 3.8) is 0 Å². The molecule has 1 aromatic heterocycles. The fourth-order valence-corrected chi connectivity index (χ4v) is 4.09. The van der Waals surface area contributed by atoms with Crippen LogP contribution in [-0.2, 0) is 13.0 Å². The molecule has 2 N–H and O–H groups in total. The molecule has 0 aliphatic carbocycles. The summed E-state index contributed by atoms with van der Waals surface area (Å²) in [5, 5.41) is 6.89. The molecule has 1 aromatic carbocycles. The molecular weight excluding hydrogens is 340 g/mol. The molecule has 1 atom stereocenters. The van der Waals surface area contributed by atoms with Crippen LogP contribution in [0, 0.1) is 6.92 Å². The summed E-state index contributed by atoms with van der Waals surface area (Å²) in [7, 11) is 1.82. The van der Waals surface area contributed by atoms with Crippen molar-refractivity contribution in [2.75, 3.05) is 25.0 Å². The molecular formula is C21H28N4S. The molecule has 26 heavy (non-hydrogen) atoms. The zero-order valence-electron chi connectivity index (χ0n) is 15.8. The van der Waals surface area contributed by atoms with E-state index in [4.69, 9.17) is 0 Å². The van der Waals surface area contributed by atoms with Gasteiger partial charge in [0.05, 0.1) is 0 Å². The van der Waals surface area contributed by atoms with Crippen LogP contribution in [-0.4, -0.2) is 32.1 Å². The van der Waals surface area contributed by atoms with Crippen LogP contribution in [0.15, 0.2) is 53.5 Å². The van der Waals surface area contributed by atoms with Crippen molar-refractivity contribution in [2.24, 2.45) is 4.99 Å². The Morgan fingerprint density at radius 3 is 2.50 bits per heavy atom.